The van der Waals surface area contributed by atoms with Crippen LogP contribution in [0.5, 0.6) is 0 Å². The monoisotopic (exact) mass is 306 g/mol. The van der Waals surface area contributed by atoms with Crippen LogP contribution in [0.1, 0.15) is 73.6 Å². The molecule has 0 spiro atoms. The number of esters is 2. The van der Waals surface area contributed by atoms with Crippen LogP contribution >= 0.6 is 0 Å². The predicted octanol–water partition coefficient (Wildman–Crippen LogP) is 4.38. The van der Waals surface area contributed by atoms with Gasteiger partial charge in [-0.05, 0) is 38.8 Å². The molecule has 0 amide bonds. The molecule has 0 saturated heterocycles. The van der Waals surface area contributed by atoms with E-state index in [2.05, 4.69) is 6.92 Å². The number of carbonyl (C=O) groups is 2. The van der Waals surface area contributed by atoms with Crippen LogP contribution in [-0.4, -0.2) is 24.6 Å². The van der Waals surface area contributed by atoms with E-state index in [4.69, 9.17) is 9.47 Å². The second-order valence-electron chi connectivity index (χ2n) is 5.33. The van der Waals surface area contributed by atoms with E-state index in [1.165, 1.54) is 12.8 Å². The lowest BCUT2D eigenvalue weighted by Gasteiger charge is -2.14. The number of benzene rings is 1. The normalized spacial score (nSPS) is 11.8. The molecule has 122 valence electrons. The van der Waals surface area contributed by atoms with Gasteiger partial charge in [0.1, 0.15) is 0 Å². The van der Waals surface area contributed by atoms with E-state index in [1.807, 2.05) is 6.92 Å². The minimum atomic E-state index is -0.495. The fourth-order valence-corrected chi connectivity index (χ4v) is 2.21. The fraction of sp³-hybridized carbons (Fsp3) is 0.556. The molecular formula is C18H26O4. The topological polar surface area (TPSA) is 52.6 Å². The summed E-state index contributed by atoms with van der Waals surface area (Å²) >= 11 is 0. The molecular weight excluding hydrogens is 280 g/mol. The van der Waals surface area contributed by atoms with Crippen molar-refractivity contribution in [2.45, 2.75) is 59.0 Å². The Morgan fingerprint density at radius 1 is 1.00 bits per heavy atom. The molecule has 0 fully saturated rings. The van der Waals surface area contributed by atoms with Crippen molar-refractivity contribution in [3.63, 3.8) is 0 Å². The third-order valence-corrected chi connectivity index (χ3v) is 3.41. The molecule has 0 aliphatic heterocycles. The van der Waals surface area contributed by atoms with Gasteiger partial charge < -0.3 is 9.47 Å². The number of hydrogen-bond acceptors (Lipinski definition) is 4. The first kappa shape index (κ1) is 18.2. The molecule has 0 heterocycles. The Bertz CT molecular complexity index is 482. The van der Waals surface area contributed by atoms with Crippen molar-refractivity contribution in [3.8, 4) is 0 Å². The molecule has 1 aromatic rings. The van der Waals surface area contributed by atoms with Gasteiger partial charge >= 0.3 is 11.9 Å². The summed E-state index contributed by atoms with van der Waals surface area (Å²) in [6, 6.07) is 6.60. The number of unbranched alkanes of at least 4 members (excludes halogenated alkanes) is 3. The highest BCUT2D eigenvalue weighted by atomic mass is 16.5. The third-order valence-electron chi connectivity index (χ3n) is 3.41. The summed E-state index contributed by atoms with van der Waals surface area (Å²) < 4.78 is 10.4. The van der Waals surface area contributed by atoms with Crippen LogP contribution in [0.25, 0.3) is 0 Å². The van der Waals surface area contributed by atoms with Gasteiger partial charge in [0.15, 0.2) is 0 Å². The van der Waals surface area contributed by atoms with Crippen molar-refractivity contribution in [2.24, 2.45) is 0 Å². The Morgan fingerprint density at radius 2 is 1.64 bits per heavy atom. The van der Waals surface area contributed by atoms with E-state index in [0.29, 0.717) is 0 Å². The minimum Gasteiger partial charge on any atom is -0.462 e. The zero-order valence-corrected chi connectivity index (χ0v) is 13.8. The number of rotatable bonds is 9. The Morgan fingerprint density at radius 3 is 2.23 bits per heavy atom. The fourth-order valence-electron chi connectivity index (χ4n) is 2.21. The molecule has 0 aliphatic rings. The van der Waals surface area contributed by atoms with Crippen LogP contribution in [0.2, 0.25) is 0 Å². The van der Waals surface area contributed by atoms with Crippen molar-refractivity contribution in [1.82, 2.24) is 0 Å². The number of ether oxygens (including phenoxy) is 2. The largest absolute Gasteiger partial charge is 0.462 e. The summed E-state index contributed by atoms with van der Waals surface area (Å²) in [5, 5.41) is 0. The van der Waals surface area contributed by atoms with Gasteiger partial charge in [0.05, 0.1) is 23.8 Å². The molecule has 22 heavy (non-hydrogen) atoms. The van der Waals surface area contributed by atoms with Crippen LogP contribution in [0.3, 0.4) is 0 Å². The molecule has 0 aliphatic carbocycles. The van der Waals surface area contributed by atoms with Crippen LogP contribution < -0.4 is 0 Å². The standard InChI is InChI=1S/C18H26O4/c1-4-6-7-8-11-14(3)22-18(20)16-13-10-9-12-15(16)17(19)21-5-2/h9-10,12-14H,4-8,11H2,1-3H3. The van der Waals surface area contributed by atoms with E-state index < -0.39 is 11.9 Å². The van der Waals surface area contributed by atoms with E-state index >= 15 is 0 Å². The van der Waals surface area contributed by atoms with Gasteiger partial charge in [-0.15, -0.1) is 0 Å². The van der Waals surface area contributed by atoms with Gasteiger partial charge in [-0.3, -0.25) is 0 Å². The third kappa shape index (κ3) is 5.88. The summed E-state index contributed by atoms with van der Waals surface area (Å²) in [6.07, 6.45) is 5.26. The van der Waals surface area contributed by atoms with Crippen molar-refractivity contribution >= 4 is 11.9 Å². The molecule has 0 aromatic heterocycles. The lowest BCUT2D eigenvalue weighted by atomic mass is 10.1. The predicted molar refractivity (Wildman–Crippen MR) is 86.0 cm³/mol. The lowest BCUT2D eigenvalue weighted by molar-refractivity contribution is 0.0308. The zero-order chi connectivity index (χ0) is 16.4. The summed E-state index contributed by atoms with van der Waals surface area (Å²) in [4.78, 5) is 24.1. The van der Waals surface area contributed by atoms with Crippen molar-refractivity contribution in [3.05, 3.63) is 35.4 Å². The zero-order valence-electron chi connectivity index (χ0n) is 13.8. The first-order valence-electron chi connectivity index (χ1n) is 8.07. The van der Waals surface area contributed by atoms with Crippen molar-refractivity contribution in [1.29, 1.82) is 0 Å². The van der Waals surface area contributed by atoms with E-state index in [1.54, 1.807) is 31.2 Å². The molecule has 4 heteroatoms. The maximum absolute atomic E-state index is 12.2. The van der Waals surface area contributed by atoms with E-state index in [0.717, 1.165) is 19.3 Å². The second-order valence-corrected chi connectivity index (χ2v) is 5.33. The van der Waals surface area contributed by atoms with Crippen LogP contribution in [0, 0.1) is 0 Å². The second kappa shape index (κ2) is 9.98. The van der Waals surface area contributed by atoms with Crippen molar-refractivity contribution < 1.29 is 19.1 Å². The first-order chi connectivity index (χ1) is 10.6. The van der Waals surface area contributed by atoms with Gasteiger partial charge in [0.2, 0.25) is 0 Å². The Hall–Kier alpha value is -1.84. The molecule has 4 nitrogen and oxygen atoms in total. The highest BCUT2D eigenvalue weighted by Crippen LogP contribution is 2.15. The maximum Gasteiger partial charge on any atom is 0.339 e. The molecule has 0 radical (unpaired) electrons. The van der Waals surface area contributed by atoms with E-state index in [9.17, 15) is 9.59 Å². The Kier molecular flexibility index (Phi) is 8.26. The Balaban J connectivity index is 2.63. The van der Waals surface area contributed by atoms with Gasteiger partial charge in [0, 0.05) is 0 Å². The number of carbonyl (C=O) groups excluding carboxylic acids is 2. The molecule has 0 saturated carbocycles. The van der Waals surface area contributed by atoms with Crippen LogP contribution in [0.15, 0.2) is 24.3 Å². The van der Waals surface area contributed by atoms with Gasteiger partial charge in [0.25, 0.3) is 0 Å². The highest BCUT2D eigenvalue weighted by molar-refractivity contribution is 6.03. The van der Waals surface area contributed by atoms with Crippen LogP contribution in [0.4, 0.5) is 0 Å². The first-order valence-corrected chi connectivity index (χ1v) is 8.07. The molecule has 0 bridgehead atoms. The van der Waals surface area contributed by atoms with E-state index in [-0.39, 0.29) is 23.8 Å². The van der Waals surface area contributed by atoms with Gasteiger partial charge in [-0.1, -0.05) is 38.3 Å². The summed E-state index contributed by atoms with van der Waals surface area (Å²) in [7, 11) is 0. The summed E-state index contributed by atoms with van der Waals surface area (Å²) in [5.41, 5.74) is 0.522. The molecule has 1 unspecified atom stereocenters. The average Bonchev–Trinajstić information content (AvgIpc) is 2.51. The smallest absolute Gasteiger partial charge is 0.339 e. The Labute approximate surface area is 132 Å². The van der Waals surface area contributed by atoms with Crippen molar-refractivity contribution in [2.75, 3.05) is 6.61 Å². The van der Waals surface area contributed by atoms with Gasteiger partial charge in [-0.25, -0.2) is 9.59 Å². The minimum absolute atomic E-state index is 0.153. The molecule has 1 atom stereocenters. The maximum atomic E-state index is 12.2. The molecule has 1 rings (SSSR count). The van der Waals surface area contributed by atoms with Gasteiger partial charge in [-0.2, -0.15) is 0 Å². The number of hydrogen-bond donors (Lipinski definition) is 0. The summed E-state index contributed by atoms with van der Waals surface area (Å²) in [6.45, 7) is 6.06. The molecule has 0 N–H and O–H groups in total. The van der Waals surface area contributed by atoms with Crippen LogP contribution in [-0.2, 0) is 9.47 Å². The SMILES string of the molecule is CCCCCCC(C)OC(=O)c1ccccc1C(=O)OCC. The summed E-state index contributed by atoms with van der Waals surface area (Å²) in [5.74, 6) is -0.961. The lowest BCUT2D eigenvalue weighted by Crippen LogP contribution is -2.18. The quantitative estimate of drug-likeness (QED) is 0.502. The molecule has 1 aromatic carbocycles. The highest BCUT2D eigenvalue weighted by Gasteiger charge is 2.20. The average molecular weight is 306 g/mol.